The maximum absolute atomic E-state index is 12.6. The molecule has 1 N–H and O–H groups in total. The summed E-state index contributed by atoms with van der Waals surface area (Å²) in [4.78, 5) is 26.8. The smallest absolute Gasteiger partial charge is 0.320 e. The van der Waals surface area contributed by atoms with Crippen molar-refractivity contribution in [3.05, 3.63) is 0 Å². The second-order valence-corrected chi connectivity index (χ2v) is 6.36. The summed E-state index contributed by atoms with van der Waals surface area (Å²) < 4.78 is 0. The van der Waals surface area contributed by atoms with Crippen molar-refractivity contribution in [3.8, 4) is 0 Å². The number of carbonyl (C=O) groups excluding carboxylic acids is 1. The number of hydrogen-bond donors (Lipinski definition) is 1. The topological polar surface area (TPSA) is 60.9 Å². The van der Waals surface area contributed by atoms with Crippen molar-refractivity contribution in [2.24, 2.45) is 11.8 Å². The predicted octanol–water partition coefficient (Wildman–Crippen LogP) is 3.30. The third-order valence-corrected chi connectivity index (χ3v) is 3.47. The highest BCUT2D eigenvalue weighted by Crippen LogP contribution is 2.10. The Hall–Kier alpha value is -1.26. The molecule has 0 aromatic carbocycles. The van der Waals surface area contributed by atoms with E-state index in [0.717, 1.165) is 25.9 Å². The van der Waals surface area contributed by atoms with Gasteiger partial charge in [0, 0.05) is 26.2 Å². The number of urea groups is 1. The lowest BCUT2D eigenvalue weighted by Gasteiger charge is -2.31. The van der Waals surface area contributed by atoms with Gasteiger partial charge in [0.1, 0.15) is 0 Å². The minimum absolute atomic E-state index is 0.00177. The number of nitrogens with zero attached hydrogens (tertiary/aromatic N) is 2. The monoisotopic (exact) mass is 300 g/mol. The van der Waals surface area contributed by atoms with Crippen LogP contribution in [0.4, 0.5) is 4.79 Å². The standard InChI is InChI=1S/C16H32N2O3/c1-6-17(12-9-15(19)20)16(21)18(10-7-13(2)3)11-8-14(4)5/h13-14H,6-12H2,1-5H3,(H,19,20). The van der Waals surface area contributed by atoms with Crippen molar-refractivity contribution < 1.29 is 14.7 Å². The second-order valence-electron chi connectivity index (χ2n) is 6.36. The molecule has 0 atom stereocenters. The van der Waals surface area contributed by atoms with Crippen LogP contribution in [0.3, 0.4) is 0 Å². The zero-order valence-corrected chi connectivity index (χ0v) is 14.3. The first-order chi connectivity index (χ1) is 9.77. The van der Waals surface area contributed by atoms with E-state index in [2.05, 4.69) is 27.7 Å². The van der Waals surface area contributed by atoms with Crippen LogP contribution in [-0.2, 0) is 4.79 Å². The van der Waals surface area contributed by atoms with Gasteiger partial charge in [-0.3, -0.25) is 4.79 Å². The third kappa shape index (κ3) is 9.32. The molecule has 21 heavy (non-hydrogen) atoms. The summed E-state index contributed by atoms with van der Waals surface area (Å²) in [7, 11) is 0. The molecule has 0 unspecified atom stereocenters. The molecule has 0 radical (unpaired) electrons. The van der Waals surface area contributed by atoms with E-state index in [0.29, 0.717) is 18.4 Å². The Labute approximate surface area is 129 Å². The average molecular weight is 300 g/mol. The fourth-order valence-corrected chi connectivity index (χ4v) is 1.95. The molecule has 0 saturated carbocycles. The van der Waals surface area contributed by atoms with Gasteiger partial charge < -0.3 is 14.9 Å². The minimum Gasteiger partial charge on any atom is -0.481 e. The molecule has 0 aliphatic rings. The molecule has 0 spiro atoms. The average Bonchev–Trinajstić information content (AvgIpc) is 2.38. The van der Waals surface area contributed by atoms with Crippen LogP contribution in [0.25, 0.3) is 0 Å². The quantitative estimate of drug-likeness (QED) is 0.673. The van der Waals surface area contributed by atoms with Gasteiger partial charge >= 0.3 is 12.0 Å². The number of rotatable bonds is 10. The van der Waals surface area contributed by atoms with E-state index in [9.17, 15) is 9.59 Å². The molecule has 124 valence electrons. The lowest BCUT2D eigenvalue weighted by molar-refractivity contribution is -0.137. The summed E-state index contributed by atoms with van der Waals surface area (Å²) in [6.07, 6.45) is 1.95. The first kappa shape index (κ1) is 19.7. The molecule has 0 aliphatic heterocycles. The van der Waals surface area contributed by atoms with E-state index in [4.69, 9.17) is 5.11 Å². The zero-order valence-electron chi connectivity index (χ0n) is 14.3. The number of amides is 2. The van der Waals surface area contributed by atoms with Crippen LogP contribution in [0.1, 0.15) is 53.9 Å². The second kappa shape index (κ2) is 10.5. The molecule has 5 heteroatoms. The van der Waals surface area contributed by atoms with Crippen molar-refractivity contribution in [2.75, 3.05) is 26.2 Å². The van der Waals surface area contributed by atoms with Gasteiger partial charge in [0.2, 0.25) is 0 Å². The van der Waals surface area contributed by atoms with E-state index in [-0.39, 0.29) is 19.0 Å². The van der Waals surface area contributed by atoms with Crippen LogP contribution in [0.2, 0.25) is 0 Å². The van der Waals surface area contributed by atoms with Crippen molar-refractivity contribution in [2.45, 2.75) is 53.9 Å². The lowest BCUT2D eigenvalue weighted by atomic mass is 10.1. The van der Waals surface area contributed by atoms with E-state index >= 15 is 0 Å². The summed E-state index contributed by atoms with van der Waals surface area (Å²) >= 11 is 0. The Morgan fingerprint density at radius 3 is 1.71 bits per heavy atom. The maximum Gasteiger partial charge on any atom is 0.320 e. The molecule has 0 fully saturated rings. The highest BCUT2D eigenvalue weighted by molar-refractivity contribution is 5.75. The van der Waals surface area contributed by atoms with Crippen molar-refractivity contribution in [1.82, 2.24) is 9.80 Å². The molecular formula is C16H32N2O3. The summed E-state index contributed by atoms with van der Waals surface area (Å²) in [6, 6.07) is -0.0277. The van der Waals surface area contributed by atoms with Gasteiger partial charge in [-0.05, 0) is 31.6 Å². The summed E-state index contributed by atoms with van der Waals surface area (Å²) in [5.74, 6) is 0.235. The van der Waals surface area contributed by atoms with Crippen molar-refractivity contribution in [1.29, 1.82) is 0 Å². The van der Waals surface area contributed by atoms with Gasteiger partial charge in [-0.1, -0.05) is 27.7 Å². The van der Waals surface area contributed by atoms with E-state index < -0.39 is 5.97 Å². The third-order valence-electron chi connectivity index (χ3n) is 3.47. The van der Waals surface area contributed by atoms with Gasteiger partial charge in [0.15, 0.2) is 0 Å². The number of carboxylic acid groups (broad SMARTS) is 1. The Kier molecular flexibility index (Phi) is 9.84. The van der Waals surface area contributed by atoms with Crippen LogP contribution in [0.15, 0.2) is 0 Å². The van der Waals surface area contributed by atoms with Gasteiger partial charge in [0.05, 0.1) is 6.42 Å². The van der Waals surface area contributed by atoms with E-state index in [1.165, 1.54) is 0 Å². The largest absolute Gasteiger partial charge is 0.481 e. The molecule has 0 aromatic rings. The maximum atomic E-state index is 12.6. The molecule has 0 rings (SSSR count). The molecule has 0 bridgehead atoms. The fraction of sp³-hybridized carbons (Fsp3) is 0.875. The Balaban J connectivity index is 4.66. The van der Waals surface area contributed by atoms with Crippen LogP contribution in [-0.4, -0.2) is 53.1 Å². The molecule has 0 aromatic heterocycles. The van der Waals surface area contributed by atoms with E-state index in [1.807, 2.05) is 11.8 Å². The van der Waals surface area contributed by atoms with Crippen molar-refractivity contribution in [3.63, 3.8) is 0 Å². The van der Waals surface area contributed by atoms with Crippen LogP contribution >= 0.6 is 0 Å². The van der Waals surface area contributed by atoms with Crippen LogP contribution < -0.4 is 0 Å². The van der Waals surface area contributed by atoms with Gasteiger partial charge in [0.25, 0.3) is 0 Å². The number of aliphatic carboxylic acids is 1. The molecule has 2 amide bonds. The van der Waals surface area contributed by atoms with Crippen molar-refractivity contribution >= 4 is 12.0 Å². The molecule has 0 aliphatic carbocycles. The Bertz CT molecular complexity index is 305. The molecule has 5 nitrogen and oxygen atoms in total. The number of carbonyl (C=O) groups is 2. The summed E-state index contributed by atoms with van der Waals surface area (Å²) in [6.45, 7) is 12.8. The summed E-state index contributed by atoms with van der Waals surface area (Å²) in [5.41, 5.74) is 0. The highest BCUT2D eigenvalue weighted by Gasteiger charge is 2.20. The van der Waals surface area contributed by atoms with E-state index in [1.54, 1.807) is 4.90 Å². The highest BCUT2D eigenvalue weighted by atomic mass is 16.4. The van der Waals surface area contributed by atoms with Crippen LogP contribution in [0.5, 0.6) is 0 Å². The predicted molar refractivity (Wildman–Crippen MR) is 85.4 cm³/mol. The molecular weight excluding hydrogens is 268 g/mol. The van der Waals surface area contributed by atoms with Crippen LogP contribution in [0, 0.1) is 11.8 Å². The summed E-state index contributed by atoms with van der Waals surface area (Å²) in [5, 5.41) is 8.78. The number of carboxylic acids is 1. The molecule has 0 heterocycles. The van der Waals surface area contributed by atoms with Gasteiger partial charge in [-0.15, -0.1) is 0 Å². The molecule has 0 saturated heterocycles. The SMILES string of the molecule is CCN(CCC(=O)O)C(=O)N(CCC(C)C)CCC(C)C. The normalized spacial score (nSPS) is 11.0. The number of hydrogen-bond acceptors (Lipinski definition) is 2. The lowest BCUT2D eigenvalue weighted by Crippen LogP contribution is -2.45. The Morgan fingerprint density at radius 1 is 0.905 bits per heavy atom. The first-order valence-corrected chi connectivity index (χ1v) is 8.03. The fourth-order valence-electron chi connectivity index (χ4n) is 1.95. The first-order valence-electron chi connectivity index (χ1n) is 8.03. The van der Waals surface area contributed by atoms with Gasteiger partial charge in [-0.25, -0.2) is 4.79 Å². The van der Waals surface area contributed by atoms with Gasteiger partial charge in [-0.2, -0.15) is 0 Å². The minimum atomic E-state index is -0.864. The Morgan fingerprint density at radius 2 is 1.38 bits per heavy atom. The zero-order chi connectivity index (χ0) is 16.4.